The van der Waals surface area contributed by atoms with Crippen LogP contribution in [-0.4, -0.2) is 45.7 Å². The maximum atomic E-state index is 11.9. The highest BCUT2D eigenvalue weighted by Crippen LogP contribution is 2.16. The van der Waals surface area contributed by atoms with E-state index >= 15 is 0 Å². The molecule has 1 saturated heterocycles. The molecule has 1 aromatic rings. The van der Waals surface area contributed by atoms with Gasteiger partial charge in [0.05, 0.1) is 11.4 Å². The van der Waals surface area contributed by atoms with Crippen molar-refractivity contribution < 1.29 is 22.1 Å². The van der Waals surface area contributed by atoms with E-state index in [0.717, 1.165) is 5.56 Å². The summed E-state index contributed by atoms with van der Waals surface area (Å²) >= 11 is 0. The molecule has 1 aliphatic rings. The van der Waals surface area contributed by atoms with Crippen LogP contribution < -0.4 is 0 Å². The topological polar surface area (TPSA) is 72.9 Å². The number of rotatable bonds is 4. The van der Waals surface area contributed by atoms with Crippen molar-refractivity contribution in [3.05, 3.63) is 29.8 Å². The van der Waals surface area contributed by atoms with Crippen molar-refractivity contribution in [3.8, 4) is 0 Å². The molecule has 0 bridgehead atoms. The first kappa shape index (κ1) is 13.8. The van der Waals surface area contributed by atoms with Crippen LogP contribution in [0.2, 0.25) is 0 Å². The highest BCUT2D eigenvalue weighted by atomic mass is 32.2. The number of carbonyl (C=O) groups excluding carboxylic acids is 1. The van der Waals surface area contributed by atoms with E-state index in [1.54, 1.807) is 19.2 Å². The second kappa shape index (κ2) is 5.18. The van der Waals surface area contributed by atoms with Crippen LogP contribution in [0.1, 0.15) is 5.56 Å². The molecule has 1 amide bonds. The lowest BCUT2D eigenvalue weighted by atomic mass is 10.2. The first-order valence-corrected chi connectivity index (χ1v) is 7.17. The summed E-state index contributed by atoms with van der Waals surface area (Å²) in [6.45, 7) is 2.01. The van der Waals surface area contributed by atoms with E-state index in [9.17, 15) is 13.2 Å². The quantitative estimate of drug-likeness (QED) is 0.776. The molecule has 1 aromatic carbocycles. The Labute approximate surface area is 112 Å². The zero-order valence-corrected chi connectivity index (χ0v) is 11.5. The highest BCUT2D eigenvalue weighted by molar-refractivity contribution is 7.86. The molecule has 0 N–H and O–H groups in total. The molecule has 1 heterocycles. The van der Waals surface area contributed by atoms with Gasteiger partial charge in [-0.2, -0.15) is 8.42 Å². The highest BCUT2D eigenvalue weighted by Gasteiger charge is 2.30. The molecule has 19 heavy (non-hydrogen) atoms. The average molecular weight is 285 g/mol. The Morgan fingerprint density at radius 3 is 2.53 bits per heavy atom. The second-order valence-electron chi connectivity index (χ2n) is 4.44. The van der Waals surface area contributed by atoms with E-state index in [2.05, 4.69) is 0 Å². The number of likely N-dealkylation sites (N-methyl/N-ethyl adjacent to an activating group) is 1. The van der Waals surface area contributed by atoms with E-state index in [4.69, 9.17) is 8.92 Å². The largest absolute Gasteiger partial charge is 0.442 e. The number of carbonyl (C=O) groups is 1. The smallest absolute Gasteiger partial charge is 0.410 e. The third kappa shape index (κ3) is 3.24. The number of benzene rings is 1. The average Bonchev–Trinajstić information content (AvgIpc) is 2.67. The lowest BCUT2D eigenvalue weighted by Crippen LogP contribution is -2.23. The molecule has 104 valence electrons. The van der Waals surface area contributed by atoms with Crippen LogP contribution in [0.15, 0.2) is 29.2 Å². The first-order chi connectivity index (χ1) is 8.88. The maximum Gasteiger partial charge on any atom is 0.410 e. The van der Waals surface area contributed by atoms with Crippen LogP contribution in [0.4, 0.5) is 4.79 Å². The van der Waals surface area contributed by atoms with Crippen LogP contribution in [0, 0.1) is 6.92 Å². The van der Waals surface area contributed by atoms with Crippen molar-refractivity contribution >= 4 is 16.2 Å². The Kier molecular flexibility index (Phi) is 3.77. The minimum atomic E-state index is -3.81. The summed E-state index contributed by atoms with van der Waals surface area (Å²) in [6, 6.07) is 6.36. The summed E-state index contributed by atoms with van der Waals surface area (Å²) in [7, 11) is -2.23. The van der Waals surface area contributed by atoms with Crippen LogP contribution in [-0.2, 0) is 19.0 Å². The fraction of sp³-hybridized carbons (Fsp3) is 0.417. The monoisotopic (exact) mass is 285 g/mol. The van der Waals surface area contributed by atoms with Gasteiger partial charge in [0, 0.05) is 7.05 Å². The zero-order chi connectivity index (χ0) is 14.0. The van der Waals surface area contributed by atoms with Crippen molar-refractivity contribution in [2.24, 2.45) is 0 Å². The van der Waals surface area contributed by atoms with Crippen molar-refractivity contribution in [1.29, 1.82) is 0 Å². The van der Waals surface area contributed by atoms with Gasteiger partial charge in [-0.05, 0) is 19.1 Å². The fourth-order valence-electron chi connectivity index (χ4n) is 1.67. The van der Waals surface area contributed by atoms with Crippen molar-refractivity contribution in [1.82, 2.24) is 4.90 Å². The van der Waals surface area contributed by atoms with Gasteiger partial charge >= 0.3 is 6.09 Å². The predicted octanol–water partition coefficient (Wildman–Crippen LogP) is 1.15. The summed E-state index contributed by atoms with van der Waals surface area (Å²) < 4.78 is 33.6. The number of aryl methyl sites for hydroxylation is 1. The Balaban J connectivity index is 1.99. The van der Waals surface area contributed by atoms with Crippen LogP contribution >= 0.6 is 0 Å². The minimum Gasteiger partial charge on any atom is -0.442 e. The van der Waals surface area contributed by atoms with Gasteiger partial charge in [-0.25, -0.2) is 4.79 Å². The third-order valence-electron chi connectivity index (χ3n) is 2.78. The summed E-state index contributed by atoms with van der Waals surface area (Å²) in [6.07, 6.45) is -1.03. The Morgan fingerprint density at radius 1 is 1.37 bits per heavy atom. The van der Waals surface area contributed by atoms with E-state index in [0.29, 0.717) is 6.54 Å². The minimum absolute atomic E-state index is 0.0933. The Morgan fingerprint density at radius 2 is 2.00 bits per heavy atom. The van der Waals surface area contributed by atoms with E-state index in [1.165, 1.54) is 17.0 Å². The lowest BCUT2D eigenvalue weighted by Gasteiger charge is -2.09. The SMILES string of the molecule is Cc1ccc(S(=O)(=O)OCC2CN(C)C(=O)O2)cc1. The molecule has 0 radical (unpaired) electrons. The molecule has 6 nitrogen and oxygen atoms in total. The second-order valence-corrected chi connectivity index (χ2v) is 6.05. The summed E-state index contributed by atoms with van der Waals surface area (Å²) in [5.74, 6) is 0. The molecule has 0 spiro atoms. The van der Waals surface area contributed by atoms with Gasteiger partial charge < -0.3 is 9.64 Å². The normalized spacial score (nSPS) is 19.6. The molecular weight excluding hydrogens is 270 g/mol. The zero-order valence-electron chi connectivity index (χ0n) is 10.7. The third-order valence-corrected chi connectivity index (χ3v) is 4.07. The molecule has 7 heteroatoms. The number of cyclic esters (lactones) is 1. The lowest BCUT2D eigenvalue weighted by molar-refractivity contribution is 0.105. The molecule has 0 aromatic heterocycles. The van der Waals surface area contributed by atoms with Gasteiger partial charge in [-0.1, -0.05) is 17.7 Å². The van der Waals surface area contributed by atoms with Gasteiger partial charge in [0.1, 0.15) is 12.7 Å². The molecule has 0 aliphatic carbocycles. The molecule has 1 aliphatic heterocycles. The van der Waals surface area contributed by atoms with E-state index < -0.39 is 22.3 Å². The van der Waals surface area contributed by atoms with Gasteiger partial charge in [-0.3, -0.25) is 4.18 Å². The van der Waals surface area contributed by atoms with Gasteiger partial charge in [-0.15, -0.1) is 0 Å². The standard InChI is InChI=1S/C12H15NO5S/c1-9-3-5-11(6-4-9)19(15,16)17-8-10-7-13(2)12(14)18-10/h3-6,10H,7-8H2,1-2H3. The molecule has 1 unspecified atom stereocenters. The number of ether oxygens (including phenoxy) is 1. The molecular formula is C12H15NO5S. The van der Waals surface area contributed by atoms with Crippen LogP contribution in [0.5, 0.6) is 0 Å². The fourth-order valence-corrected chi connectivity index (χ4v) is 2.61. The summed E-state index contributed by atoms with van der Waals surface area (Å²) in [4.78, 5) is 12.6. The van der Waals surface area contributed by atoms with E-state index in [1.807, 2.05) is 6.92 Å². The summed E-state index contributed by atoms with van der Waals surface area (Å²) in [5.41, 5.74) is 0.963. The molecule has 1 fully saturated rings. The maximum absolute atomic E-state index is 11.9. The molecule has 0 saturated carbocycles. The van der Waals surface area contributed by atoms with Crippen molar-refractivity contribution in [2.45, 2.75) is 17.9 Å². The Hall–Kier alpha value is -1.60. The number of hydrogen-bond acceptors (Lipinski definition) is 5. The van der Waals surface area contributed by atoms with Gasteiger partial charge in [0.25, 0.3) is 10.1 Å². The van der Waals surface area contributed by atoms with Crippen molar-refractivity contribution in [2.75, 3.05) is 20.2 Å². The number of nitrogens with zero attached hydrogens (tertiary/aromatic N) is 1. The number of amides is 1. The van der Waals surface area contributed by atoms with Crippen LogP contribution in [0.25, 0.3) is 0 Å². The first-order valence-electron chi connectivity index (χ1n) is 5.76. The summed E-state index contributed by atoms with van der Waals surface area (Å²) in [5, 5.41) is 0. The van der Waals surface area contributed by atoms with Gasteiger partial charge in [0.2, 0.25) is 0 Å². The molecule has 1 atom stereocenters. The van der Waals surface area contributed by atoms with Gasteiger partial charge in [0.15, 0.2) is 0 Å². The van der Waals surface area contributed by atoms with Crippen LogP contribution in [0.3, 0.4) is 0 Å². The van der Waals surface area contributed by atoms with E-state index in [-0.39, 0.29) is 11.5 Å². The predicted molar refractivity (Wildman–Crippen MR) is 67.2 cm³/mol. The van der Waals surface area contributed by atoms with Crippen molar-refractivity contribution in [3.63, 3.8) is 0 Å². The Bertz CT molecular complexity index is 566. The number of hydrogen-bond donors (Lipinski definition) is 0. The molecule has 2 rings (SSSR count).